The van der Waals surface area contributed by atoms with Crippen LogP contribution in [0.4, 0.5) is 13.2 Å². The van der Waals surface area contributed by atoms with E-state index in [0.29, 0.717) is 6.54 Å². The first kappa shape index (κ1) is 13.7. The van der Waals surface area contributed by atoms with Crippen molar-refractivity contribution < 1.29 is 22.8 Å². The number of carbonyl (C=O) groups excluding carboxylic acids is 2. The van der Waals surface area contributed by atoms with Crippen molar-refractivity contribution in [2.24, 2.45) is 5.84 Å². The Morgan fingerprint density at radius 3 is 2.13 bits per heavy atom. The summed E-state index contributed by atoms with van der Waals surface area (Å²) in [5, 5.41) is 5.60. The summed E-state index contributed by atoms with van der Waals surface area (Å²) < 4.78 is 32.9. The first-order valence-electron chi connectivity index (χ1n) is 3.93. The number of carbonyl (C=O) groups is 2. The van der Waals surface area contributed by atoms with Crippen molar-refractivity contribution in [3.05, 3.63) is 0 Å². The van der Waals surface area contributed by atoms with E-state index in [1.165, 1.54) is 0 Å². The number of piperazine rings is 1. The number of halogens is 3. The van der Waals surface area contributed by atoms with E-state index in [4.69, 9.17) is 0 Å². The number of hydrogen-bond acceptors (Lipinski definition) is 4. The van der Waals surface area contributed by atoms with Gasteiger partial charge in [0.25, 0.3) is 0 Å². The van der Waals surface area contributed by atoms with E-state index in [1.807, 2.05) is 0 Å². The molecule has 0 unspecified atom stereocenters. The van der Waals surface area contributed by atoms with Crippen molar-refractivity contribution in [3.8, 4) is 0 Å². The molecule has 2 amide bonds. The smallest absolute Gasteiger partial charge is 0.354 e. The fourth-order valence-electron chi connectivity index (χ4n) is 0.637. The molecule has 88 valence electrons. The van der Waals surface area contributed by atoms with Gasteiger partial charge in [0, 0.05) is 13.1 Å². The number of alkyl halides is 3. The highest BCUT2D eigenvalue weighted by molar-refractivity contribution is 5.80. The largest absolute Gasteiger partial charge is 0.472 e. The van der Waals surface area contributed by atoms with Gasteiger partial charge in [-0.25, -0.2) is 5.84 Å². The lowest BCUT2D eigenvalue weighted by atomic mass is 10.4. The Hall–Kier alpha value is -1.35. The predicted octanol–water partition coefficient (Wildman–Crippen LogP) is -1.76. The molecule has 6 nitrogen and oxygen atoms in total. The fourth-order valence-corrected chi connectivity index (χ4v) is 0.637. The molecule has 1 aliphatic heterocycles. The third kappa shape index (κ3) is 6.69. The average Bonchev–Trinajstić information content (AvgIpc) is 2.17. The normalized spacial score (nSPS) is 15.9. The Balaban J connectivity index is 0.000000262. The predicted molar refractivity (Wildman–Crippen MR) is 44.3 cm³/mol. The molecule has 1 heterocycles. The van der Waals surface area contributed by atoms with E-state index in [1.54, 1.807) is 0 Å². The molecular weight excluding hydrogens is 217 g/mol. The van der Waals surface area contributed by atoms with E-state index in [9.17, 15) is 22.8 Å². The van der Waals surface area contributed by atoms with Crippen molar-refractivity contribution in [2.45, 2.75) is 6.18 Å². The van der Waals surface area contributed by atoms with Crippen LogP contribution in [0.5, 0.6) is 0 Å². The molecule has 15 heavy (non-hydrogen) atoms. The lowest BCUT2D eigenvalue weighted by Crippen LogP contribution is -2.44. The third-order valence-corrected chi connectivity index (χ3v) is 1.30. The van der Waals surface area contributed by atoms with Crippen molar-refractivity contribution >= 4 is 11.8 Å². The second-order valence-corrected chi connectivity index (χ2v) is 2.50. The van der Waals surface area contributed by atoms with Crippen molar-refractivity contribution in [1.82, 2.24) is 16.1 Å². The molecule has 1 fully saturated rings. The van der Waals surface area contributed by atoms with E-state index in [2.05, 4.69) is 16.5 Å². The van der Waals surface area contributed by atoms with E-state index < -0.39 is 12.1 Å². The molecule has 1 rings (SSSR count). The Labute approximate surface area is 83.3 Å². The summed E-state index contributed by atoms with van der Waals surface area (Å²) in [6, 6.07) is 0. The second-order valence-electron chi connectivity index (χ2n) is 2.50. The van der Waals surface area contributed by atoms with Gasteiger partial charge >= 0.3 is 12.1 Å². The monoisotopic (exact) mass is 228 g/mol. The Morgan fingerprint density at radius 2 is 2.00 bits per heavy atom. The van der Waals surface area contributed by atoms with E-state index >= 15 is 0 Å². The van der Waals surface area contributed by atoms with Gasteiger partial charge in [-0.2, -0.15) is 13.2 Å². The maximum Gasteiger partial charge on any atom is 0.472 e. The molecule has 0 aliphatic carbocycles. The molecule has 0 aromatic carbocycles. The van der Waals surface area contributed by atoms with Crippen molar-refractivity contribution in [1.29, 1.82) is 0 Å². The highest BCUT2D eigenvalue weighted by Gasteiger charge is 2.37. The first-order chi connectivity index (χ1) is 6.88. The van der Waals surface area contributed by atoms with Crippen LogP contribution >= 0.6 is 0 Å². The van der Waals surface area contributed by atoms with Gasteiger partial charge in [-0.15, -0.1) is 0 Å². The molecule has 0 aromatic heterocycles. The topological polar surface area (TPSA) is 96.2 Å². The van der Waals surface area contributed by atoms with Crippen LogP contribution in [-0.4, -0.2) is 37.6 Å². The highest BCUT2D eigenvalue weighted by Crippen LogP contribution is 2.12. The number of nitrogens with two attached hydrogens (primary N) is 1. The SMILES string of the molecule is NNC(=O)C(F)(F)F.O=C1CNCCN1. The van der Waals surface area contributed by atoms with Crippen LogP contribution in [-0.2, 0) is 9.59 Å². The van der Waals surface area contributed by atoms with Crippen LogP contribution in [0.15, 0.2) is 0 Å². The summed E-state index contributed by atoms with van der Waals surface area (Å²) in [5.74, 6) is 2.10. The minimum Gasteiger partial charge on any atom is -0.354 e. The van der Waals surface area contributed by atoms with E-state index in [0.717, 1.165) is 18.5 Å². The highest BCUT2D eigenvalue weighted by atomic mass is 19.4. The molecule has 0 atom stereocenters. The fraction of sp³-hybridized carbons (Fsp3) is 0.667. The number of hydrazine groups is 1. The zero-order valence-electron chi connectivity index (χ0n) is 7.65. The molecule has 0 spiro atoms. The van der Waals surface area contributed by atoms with Gasteiger partial charge in [0.2, 0.25) is 5.91 Å². The molecular formula is C6H11F3N4O2. The Kier molecular flexibility index (Phi) is 5.64. The first-order valence-corrected chi connectivity index (χ1v) is 3.93. The van der Waals surface area contributed by atoms with Gasteiger partial charge in [-0.3, -0.25) is 15.0 Å². The molecule has 1 saturated heterocycles. The van der Waals surface area contributed by atoms with Crippen LogP contribution in [0, 0.1) is 0 Å². The number of nitrogens with one attached hydrogen (secondary N) is 3. The van der Waals surface area contributed by atoms with Crippen LogP contribution in [0.3, 0.4) is 0 Å². The zero-order valence-corrected chi connectivity index (χ0v) is 7.65. The van der Waals surface area contributed by atoms with Gasteiger partial charge in [0.05, 0.1) is 6.54 Å². The Bertz CT molecular complexity index is 223. The molecule has 5 N–H and O–H groups in total. The lowest BCUT2D eigenvalue weighted by molar-refractivity contribution is -0.173. The molecule has 9 heteroatoms. The maximum absolute atomic E-state index is 11.0. The van der Waals surface area contributed by atoms with Gasteiger partial charge in [0.15, 0.2) is 0 Å². The van der Waals surface area contributed by atoms with Gasteiger partial charge in [-0.05, 0) is 0 Å². The number of hydrogen-bond donors (Lipinski definition) is 4. The number of amides is 2. The van der Waals surface area contributed by atoms with Gasteiger partial charge in [0.1, 0.15) is 0 Å². The number of rotatable bonds is 0. The second kappa shape index (κ2) is 6.19. The minimum atomic E-state index is -4.87. The summed E-state index contributed by atoms with van der Waals surface area (Å²) >= 11 is 0. The quantitative estimate of drug-likeness (QED) is 0.224. The summed E-state index contributed by atoms with van der Waals surface area (Å²) in [6.45, 7) is 2.17. The average molecular weight is 228 g/mol. The molecule has 0 saturated carbocycles. The molecule has 0 radical (unpaired) electrons. The zero-order chi connectivity index (χ0) is 11.9. The van der Waals surface area contributed by atoms with Crippen LogP contribution in [0.1, 0.15) is 0 Å². The molecule has 1 aliphatic rings. The maximum atomic E-state index is 11.0. The van der Waals surface area contributed by atoms with Crippen molar-refractivity contribution in [2.75, 3.05) is 19.6 Å². The van der Waals surface area contributed by atoms with Crippen LogP contribution in [0.2, 0.25) is 0 Å². The van der Waals surface area contributed by atoms with Crippen LogP contribution in [0.25, 0.3) is 0 Å². The van der Waals surface area contributed by atoms with Gasteiger partial charge in [-0.1, -0.05) is 0 Å². The summed E-state index contributed by atoms with van der Waals surface area (Å²) in [7, 11) is 0. The van der Waals surface area contributed by atoms with E-state index in [-0.39, 0.29) is 5.91 Å². The summed E-state index contributed by atoms with van der Waals surface area (Å²) in [5.41, 5.74) is 0.941. The van der Waals surface area contributed by atoms with Crippen molar-refractivity contribution in [3.63, 3.8) is 0 Å². The summed E-state index contributed by atoms with van der Waals surface area (Å²) in [4.78, 5) is 19.8. The standard InChI is InChI=1S/C4H8N2O.C2H3F3N2O/c7-4-3-5-1-2-6-4;3-2(4,5)1(8)7-6/h5H,1-3H2,(H,6,7);6H2,(H,7,8). The molecule has 0 bridgehead atoms. The van der Waals surface area contributed by atoms with Gasteiger partial charge < -0.3 is 10.6 Å². The van der Waals surface area contributed by atoms with Crippen LogP contribution < -0.4 is 21.9 Å². The minimum absolute atomic E-state index is 0.103. The lowest BCUT2D eigenvalue weighted by Gasteiger charge is -2.11. The molecule has 0 aromatic rings. The third-order valence-electron chi connectivity index (χ3n) is 1.30. The Morgan fingerprint density at radius 1 is 1.40 bits per heavy atom. The summed E-state index contributed by atoms with van der Waals surface area (Å²) in [6.07, 6.45) is -4.87.